The number of ether oxygens (including phenoxy) is 1. The van der Waals surface area contributed by atoms with Crippen LogP contribution in [0.4, 0.5) is 22.7 Å². The zero-order valence-corrected chi connectivity index (χ0v) is 36.7. The van der Waals surface area contributed by atoms with E-state index in [1.165, 1.54) is 5.56 Å². The van der Waals surface area contributed by atoms with Crippen LogP contribution in [0.1, 0.15) is 26.3 Å². The first kappa shape index (κ1) is 39.0. The molecule has 0 saturated carbocycles. The fourth-order valence-corrected chi connectivity index (χ4v) is 8.62. The first-order valence-corrected chi connectivity index (χ1v) is 20.6. The topological polar surface area (TPSA) is 33.1 Å². The second-order valence-corrected chi connectivity index (χ2v) is 16.5. The summed E-state index contributed by atoms with van der Waals surface area (Å²) in [5, 5.41) is 4.50. The molecular weight excluding hydrogens is 940 g/mol. The molecule has 0 fully saturated rings. The average Bonchev–Trinajstić information content (AvgIpc) is 3.85. The molecule has 6 heteroatoms. The Morgan fingerprint density at radius 1 is 0.565 bits per heavy atom. The van der Waals surface area contributed by atoms with Crippen LogP contribution >= 0.6 is 0 Å². The van der Waals surface area contributed by atoms with E-state index in [1.807, 2.05) is 24.4 Å². The molecule has 0 atom stereocenters. The van der Waals surface area contributed by atoms with Crippen LogP contribution in [0, 0.1) is 12.1 Å². The minimum atomic E-state index is -0.0282. The minimum absolute atomic E-state index is 0. The van der Waals surface area contributed by atoms with Gasteiger partial charge in [-0.25, -0.2) is 4.98 Å². The van der Waals surface area contributed by atoms with Gasteiger partial charge < -0.3 is 9.30 Å². The van der Waals surface area contributed by atoms with Crippen molar-refractivity contribution in [1.29, 1.82) is 0 Å². The van der Waals surface area contributed by atoms with E-state index < -0.39 is 0 Å². The molecule has 0 spiro atoms. The third-order valence-electron chi connectivity index (χ3n) is 11.6. The molecule has 1 aliphatic rings. The van der Waals surface area contributed by atoms with Gasteiger partial charge in [0.25, 0.3) is 5.69 Å². The Kier molecular flexibility index (Phi) is 9.88. The van der Waals surface area contributed by atoms with Crippen molar-refractivity contribution in [1.82, 2.24) is 18.7 Å². The molecule has 298 valence electrons. The van der Waals surface area contributed by atoms with Crippen LogP contribution in [-0.2, 0) is 26.5 Å². The van der Waals surface area contributed by atoms with Crippen molar-refractivity contribution in [3.8, 4) is 39.6 Å². The third-order valence-corrected chi connectivity index (χ3v) is 11.6. The fraction of sp³-hybridized carbons (Fsp3) is 0.0714. The molecule has 0 amide bonds. The molecule has 8 aromatic carbocycles. The van der Waals surface area contributed by atoms with Gasteiger partial charge in [-0.1, -0.05) is 146 Å². The Balaban J connectivity index is 0.00000458. The number of para-hydroxylation sites is 2. The van der Waals surface area contributed by atoms with E-state index in [0.29, 0.717) is 11.5 Å². The SMILES string of the molecule is CC(C)(C)c1ccnc(-n2c3[c-]c(Oc4[c-]c([N+]5=C=[N+](c6c(-c7ccccc7)cccc6-c6ccccc6)c6c5ccc5ccccc65)ccc4)ccc3c3ccccc32)c1.[Pt+2]. The van der Waals surface area contributed by atoms with Gasteiger partial charge in [0.2, 0.25) is 5.69 Å². The number of rotatable bonds is 7. The number of hydrogen-bond donors (Lipinski definition) is 0. The van der Waals surface area contributed by atoms with Gasteiger partial charge in [0, 0.05) is 29.3 Å². The van der Waals surface area contributed by atoms with Crippen LogP contribution in [0.15, 0.2) is 188 Å². The number of hydrogen-bond acceptors (Lipinski definition) is 2. The summed E-state index contributed by atoms with van der Waals surface area (Å²) in [5.74, 6) is 2.00. The van der Waals surface area contributed by atoms with Crippen molar-refractivity contribution in [3.05, 3.63) is 206 Å². The van der Waals surface area contributed by atoms with E-state index in [9.17, 15) is 0 Å². The van der Waals surface area contributed by atoms with Gasteiger partial charge in [0.15, 0.2) is 0 Å². The molecule has 0 aliphatic carbocycles. The van der Waals surface area contributed by atoms with Crippen LogP contribution in [0.5, 0.6) is 11.5 Å². The Morgan fingerprint density at radius 3 is 1.97 bits per heavy atom. The maximum Gasteiger partial charge on any atom is 2.00 e. The molecule has 0 saturated heterocycles. The third kappa shape index (κ3) is 6.77. The maximum atomic E-state index is 6.66. The van der Waals surface area contributed by atoms with Crippen LogP contribution in [0.2, 0.25) is 0 Å². The maximum absolute atomic E-state index is 6.66. The summed E-state index contributed by atoms with van der Waals surface area (Å²) in [7, 11) is 0. The smallest absolute Gasteiger partial charge is 0.509 e. The molecule has 5 nitrogen and oxygen atoms in total. The monoisotopic (exact) mass is 979 g/mol. The molecule has 62 heavy (non-hydrogen) atoms. The first-order valence-electron chi connectivity index (χ1n) is 20.6. The van der Waals surface area contributed by atoms with Crippen LogP contribution in [0.3, 0.4) is 0 Å². The summed E-state index contributed by atoms with van der Waals surface area (Å²) >= 11 is 0. The van der Waals surface area contributed by atoms with Crippen molar-refractivity contribution in [2.24, 2.45) is 0 Å². The molecule has 10 aromatic rings. The molecule has 0 bridgehead atoms. The van der Waals surface area contributed by atoms with E-state index in [0.717, 1.165) is 83.4 Å². The Bertz CT molecular complexity index is 3350. The van der Waals surface area contributed by atoms with Gasteiger partial charge >= 0.3 is 32.8 Å². The van der Waals surface area contributed by atoms with Gasteiger partial charge in [0.05, 0.1) is 16.5 Å². The van der Waals surface area contributed by atoms with E-state index in [-0.39, 0.29) is 26.5 Å². The number of nitrogens with zero attached hydrogens (tertiary/aromatic N) is 4. The molecular formula is C56H40N4OPt+2. The molecule has 11 rings (SSSR count). The summed E-state index contributed by atoms with van der Waals surface area (Å²) < 4.78 is 13.2. The first-order chi connectivity index (χ1) is 29.9. The van der Waals surface area contributed by atoms with Crippen molar-refractivity contribution >= 4 is 61.3 Å². The van der Waals surface area contributed by atoms with E-state index in [1.54, 1.807) is 0 Å². The summed E-state index contributed by atoms with van der Waals surface area (Å²) in [5.41, 5.74) is 11.5. The standard InChI is InChI=1S/C56H40N4O.Pt/c1-56(2,3)41-32-33-57-53(34-41)60-50-27-13-12-24-48(50)49-30-29-44(36-52(49)60)61-43-22-14-21-42(35-43)58-37-59(55-47-23-11-10-20-40(47)28-31-51(55)58)54-45(38-16-6-4-7-17-38)25-15-26-46(54)39-18-8-5-9-19-39;/h4-34H,1-3H3;/q;+2. The summed E-state index contributed by atoms with van der Waals surface area (Å²) in [6, 6.07) is 74.6. The quantitative estimate of drug-likeness (QED) is 0.118. The number of pyridine rings is 1. The average molecular weight is 980 g/mol. The zero-order valence-electron chi connectivity index (χ0n) is 34.4. The van der Waals surface area contributed by atoms with Gasteiger partial charge in [0.1, 0.15) is 11.5 Å². The second-order valence-electron chi connectivity index (χ2n) is 16.5. The van der Waals surface area contributed by atoms with Gasteiger partial charge in [-0.2, -0.15) is 12.1 Å². The predicted molar refractivity (Wildman–Crippen MR) is 251 cm³/mol. The molecule has 1 aliphatic heterocycles. The number of aromatic nitrogens is 2. The van der Waals surface area contributed by atoms with Crippen LogP contribution < -0.4 is 13.9 Å². The van der Waals surface area contributed by atoms with Crippen LogP contribution in [-0.4, -0.2) is 15.6 Å². The van der Waals surface area contributed by atoms with Crippen LogP contribution in [0.25, 0.3) is 60.6 Å². The van der Waals surface area contributed by atoms with Gasteiger partial charge in [-0.05, 0) is 79.9 Å². The van der Waals surface area contributed by atoms with E-state index in [2.05, 4.69) is 216 Å². The fourth-order valence-electron chi connectivity index (χ4n) is 8.62. The van der Waals surface area contributed by atoms with Crippen molar-refractivity contribution in [2.45, 2.75) is 26.2 Å². The zero-order chi connectivity index (χ0) is 41.1. The van der Waals surface area contributed by atoms with Crippen molar-refractivity contribution in [2.75, 3.05) is 0 Å². The van der Waals surface area contributed by atoms with Crippen molar-refractivity contribution in [3.63, 3.8) is 0 Å². The van der Waals surface area contributed by atoms with E-state index in [4.69, 9.17) is 9.72 Å². The van der Waals surface area contributed by atoms with Crippen molar-refractivity contribution < 1.29 is 25.8 Å². The predicted octanol–water partition coefficient (Wildman–Crippen LogP) is 14.2. The summed E-state index contributed by atoms with van der Waals surface area (Å²) in [6.07, 6.45) is 1.90. The molecule has 3 heterocycles. The minimum Gasteiger partial charge on any atom is -0.509 e. The second kappa shape index (κ2) is 15.7. The summed E-state index contributed by atoms with van der Waals surface area (Å²) in [4.78, 5) is 4.85. The molecule has 0 radical (unpaired) electrons. The largest absolute Gasteiger partial charge is 2.00 e. The normalized spacial score (nSPS) is 12.2. The molecule has 0 unspecified atom stereocenters. The Morgan fingerprint density at radius 2 is 1.23 bits per heavy atom. The number of fused-ring (bicyclic) bond motifs is 6. The Labute approximate surface area is 375 Å². The Hall–Kier alpha value is -7.16. The van der Waals surface area contributed by atoms with E-state index >= 15 is 0 Å². The summed E-state index contributed by atoms with van der Waals surface area (Å²) in [6.45, 7) is 6.67. The van der Waals surface area contributed by atoms with Gasteiger partial charge in [-0.15, -0.1) is 23.6 Å². The number of benzene rings is 8. The molecule has 0 N–H and O–H groups in total. The van der Waals surface area contributed by atoms with Gasteiger partial charge in [-0.3, -0.25) is 0 Å². The molecule has 2 aromatic heterocycles.